The Labute approximate surface area is 120 Å². The number of nitrogens with zero attached hydrogens (tertiary/aromatic N) is 3. The van der Waals surface area contributed by atoms with Crippen molar-refractivity contribution >= 4 is 23.4 Å². The van der Waals surface area contributed by atoms with Gasteiger partial charge in [-0.25, -0.2) is 0 Å². The zero-order valence-corrected chi connectivity index (χ0v) is 11.6. The molecule has 20 heavy (non-hydrogen) atoms. The highest BCUT2D eigenvalue weighted by atomic mass is 32.2. The second-order valence-electron chi connectivity index (χ2n) is 5.04. The lowest BCUT2D eigenvalue weighted by molar-refractivity contribution is -0.116. The Kier molecular flexibility index (Phi) is 2.77. The van der Waals surface area contributed by atoms with E-state index in [-0.39, 0.29) is 5.91 Å². The van der Waals surface area contributed by atoms with Crippen molar-refractivity contribution in [1.82, 2.24) is 10.2 Å². The van der Waals surface area contributed by atoms with Crippen LogP contribution in [-0.2, 0) is 11.3 Å². The summed E-state index contributed by atoms with van der Waals surface area (Å²) in [7, 11) is 0. The van der Waals surface area contributed by atoms with E-state index in [1.165, 1.54) is 0 Å². The predicted octanol–water partition coefficient (Wildman–Crippen LogP) is 2.59. The van der Waals surface area contributed by atoms with E-state index in [0.717, 1.165) is 23.4 Å². The van der Waals surface area contributed by atoms with E-state index in [1.807, 2.05) is 24.3 Å². The number of thioether (sulfide) groups is 1. The molecule has 0 spiro atoms. The Bertz CT molecular complexity index is 666. The molecule has 0 radical (unpaired) electrons. The predicted molar refractivity (Wildman–Crippen MR) is 74.6 cm³/mol. The van der Waals surface area contributed by atoms with E-state index in [0.29, 0.717) is 30.0 Å². The standard InChI is InChI=1S/C14H13N3O2S/c18-13-8-20-11-4-2-1-3-10(11)17(13)7-12-15-16-14(19-12)9-5-6-9/h1-4,9H,5-8H2. The molecule has 1 amide bonds. The Morgan fingerprint density at radius 3 is 3.00 bits per heavy atom. The summed E-state index contributed by atoms with van der Waals surface area (Å²) in [5, 5.41) is 8.13. The van der Waals surface area contributed by atoms with Crippen LogP contribution in [-0.4, -0.2) is 21.9 Å². The maximum atomic E-state index is 12.1. The number of benzene rings is 1. The van der Waals surface area contributed by atoms with Crippen molar-refractivity contribution in [2.75, 3.05) is 10.7 Å². The number of hydrogen-bond donors (Lipinski definition) is 0. The third kappa shape index (κ3) is 2.10. The summed E-state index contributed by atoms with van der Waals surface area (Å²) in [5.74, 6) is 2.21. The smallest absolute Gasteiger partial charge is 0.237 e. The van der Waals surface area contributed by atoms with Crippen LogP contribution in [0.25, 0.3) is 0 Å². The molecular weight excluding hydrogens is 274 g/mol. The number of para-hydroxylation sites is 1. The van der Waals surface area contributed by atoms with Gasteiger partial charge in [0.1, 0.15) is 6.54 Å². The molecule has 1 fully saturated rings. The third-order valence-corrected chi connectivity index (χ3v) is 4.56. The SMILES string of the molecule is O=C1CSc2ccccc2N1Cc1nnc(C2CC2)o1. The van der Waals surface area contributed by atoms with Gasteiger partial charge in [-0.15, -0.1) is 22.0 Å². The van der Waals surface area contributed by atoms with E-state index in [9.17, 15) is 4.79 Å². The second-order valence-corrected chi connectivity index (χ2v) is 6.06. The van der Waals surface area contributed by atoms with Gasteiger partial charge in [0.2, 0.25) is 17.7 Å². The molecule has 0 N–H and O–H groups in total. The highest BCUT2D eigenvalue weighted by Crippen LogP contribution is 2.39. The molecule has 2 aliphatic rings. The van der Waals surface area contributed by atoms with Gasteiger partial charge in [0, 0.05) is 10.8 Å². The fourth-order valence-electron chi connectivity index (χ4n) is 2.29. The lowest BCUT2D eigenvalue weighted by Crippen LogP contribution is -2.34. The molecule has 102 valence electrons. The van der Waals surface area contributed by atoms with E-state index >= 15 is 0 Å². The summed E-state index contributed by atoms with van der Waals surface area (Å²) in [6.07, 6.45) is 2.26. The molecule has 0 bridgehead atoms. The summed E-state index contributed by atoms with van der Waals surface area (Å²) in [6, 6.07) is 7.91. The Morgan fingerprint density at radius 1 is 1.30 bits per heavy atom. The van der Waals surface area contributed by atoms with Crippen molar-refractivity contribution in [3.05, 3.63) is 36.0 Å². The first-order valence-corrected chi connectivity index (χ1v) is 7.64. The van der Waals surface area contributed by atoms with Crippen LogP contribution in [0.1, 0.15) is 30.5 Å². The van der Waals surface area contributed by atoms with Gasteiger partial charge in [-0.05, 0) is 25.0 Å². The van der Waals surface area contributed by atoms with Crippen molar-refractivity contribution in [1.29, 1.82) is 0 Å². The van der Waals surface area contributed by atoms with Crippen LogP contribution in [0.4, 0.5) is 5.69 Å². The molecule has 1 aliphatic heterocycles. The first-order chi connectivity index (χ1) is 9.81. The maximum absolute atomic E-state index is 12.1. The zero-order valence-electron chi connectivity index (χ0n) is 10.8. The molecule has 6 heteroatoms. The van der Waals surface area contributed by atoms with E-state index in [1.54, 1.807) is 16.7 Å². The number of hydrogen-bond acceptors (Lipinski definition) is 5. The van der Waals surface area contributed by atoms with Crippen LogP contribution in [0.5, 0.6) is 0 Å². The number of rotatable bonds is 3. The van der Waals surface area contributed by atoms with Crippen LogP contribution < -0.4 is 4.90 Å². The monoisotopic (exact) mass is 287 g/mol. The molecule has 4 rings (SSSR count). The Morgan fingerprint density at radius 2 is 2.15 bits per heavy atom. The van der Waals surface area contributed by atoms with Crippen molar-refractivity contribution in [2.24, 2.45) is 0 Å². The van der Waals surface area contributed by atoms with Gasteiger partial charge in [-0.2, -0.15) is 0 Å². The highest BCUT2D eigenvalue weighted by Gasteiger charge is 2.31. The lowest BCUT2D eigenvalue weighted by atomic mass is 10.2. The fraction of sp³-hybridized carbons (Fsp3) is 0.357. The Balaban J connectivity index is 1.61. The molecule has 5 nitrogen and oxygen atoms in total. The van der Waals surface area contributed by atoms with Crippen LogP contribution in [0.2, 0.25) is 0 Å². The minimum atomic E-state index is 0.0832. The third-order valence-electron chi connectivity index (χ3n) is 3.51. The maximum Gasteiger partial charge on any atom is 0.237 e. The van der Waals surface area contributed by atoms with Gasteiger partial charge < -0.3 is 9.32 Å². The van der Waals surface area contributed by atoms with Gasteiger partial charge in [0.25, 0.3) is 0 Å². The van der Waals surface area contributed by atoms with Gasteiger partial charge in [0.05, 0.1) is 11.4 Å². The van der Waals surface area contributed by atoms with Gasteiger partial charge in [0.15, 0.2) is 0 Å². The highest BCUT2D eigenvalue weighted by molar-refractivity contribution is 8.00. The minimum Gasteiger partial charge on any atom is -0.423 e. The van der Waals surface area contributed by atoms with Crippen molar-refractivity contribution in [2.45, 2.75) is 30.2 Å². The fourth-order valence-corrected chi connectivity index (χ4v) is 3.22. The molecular formula is C14H13N3O2S. The number of anilines is 1. The van der Waals surface area contributed by atoms with Crippen LogP contribution >= 0.6 is 11.8 Å². The van der Waals surface area contributed by atoms with E-state index in [2.05, 4.69) is 10.2 Å². The lowest BCUT2D eigenvalue weighted by Gasteiger charge is -2.27. The number of aromatic nitrogens is 2. The topological polar surface area (TPSA) is 59.2 Å². The van der Waals surface area contributed by atoms with Crippen molar-refractivity contribution in [3.63, 3.8) is 0 Å². The molecule has 2 aromatic rings. The quantitative estimate of drug-likeness (QED) is 0.868. The number of carbonyl (C=O) groups excluding carboxylic acids is 1. The summed E-state index contributed by atoms with van der Waals surface area (Å²) in [4.78, 5) is 15.0. The van der Waals surface area contributed by atoms with Crippen LogP contribution in [0.15, 0.2) is 33.6 Å². The minimum absolute atomic E-state index is 0.0832. The number of carbonyl (C=O) groups is 1. The zero-order chi connectivity index (χ0) is 13.5. The molecule has 0 atom stereocenters. The normalized spacial score (nSPS) is 18.2. The average Bonchev–Trinajstić information content (AvgIpc) is 3.22. The van der Waals surface area contributed by atoms with Crippen LogP contribution in [0.3, 0.4) is 0 Å². The van der Waals surface area contributed by atoms with Crippen molar-refractivity contribution < 1.29 is 9.21 Å². The van der Waals surface area contributed by atoms with Gasteiger partial charge in [-0.3, -0.25) is 4.79 Å². The molecule has 0 saturated heterocycles. The van der Waals surface area contributed by atoms with Crippen LogP contribution in [0, 0.1) is 0 Å². The molecule has 1 aromatic carbocycles. The summed E-state index contributed by atoms with van der Waals surface area (Å²) < 4.78 is 5.65. The molecule has 2 heterocycles. The molecule has 0 unspecified atom stereocenters. The summed E-state index contributed by atoms with van der Waals surface area (Å²) in [6.45, 7) is 0.357. The van der Waals surface area contributed by atoms with Crippen molar-refractivity contribution in [3.8, 4) is 0 Å². The van der Waals surface area contributed by atoms with E-state index in [4.69, 9.17) is 4.42 Å². The summed E-state index contributed by atoms with van der Waals surface area (Å²) in [5.41, 5.74) is 0.930. The Hall–Kier alpha value is -1.82. The average molecular weight is 287 g/mol. The molecule has 1 aromatic heterocycles. The number of fused-ring (bicyclic) bond motifs is 1. The molecule has 1 saturated carbocycles. The molecule has 1 aliphatic carbocycles. The first kappa shape index (κ1) is 12.0. The summed E-state index contributed by atoms with van der Waals surface area (Å²) >= 11 is 1.57. The largest absolute Gasteiger partial charge is 0.423 e. The van der Waals surface area contributed by atoms with E-state index < -0.39 is 0 Å². The van der Waals surface area contributed by atoms with Gasteiger partial charge >= 0.3 is 0 Å². The van der Waals surface area contributed by atoms with Gasteiger partial charge in [-0.1, -0.05) is 12.1 Å². The first-order valence-electron chi connectivity index (χ1n) is 6.66. The number of amides is 1. The second kappa shape index (κ2) is 4.63.